The Balaban J connectivity index is 1.57. The van der Waals surface area contributed by atoms with Crippen LogP contribution in [0.2, 0.25) is 0 Å². The lowest BCUT2D eigenvalue weighted by Crippen LogP contribution is -2.27. The van der Waals surface area contributed by atoms with Crippen molar-refractivity contribution in [3.8, 4) is 11.3 Å². The molecule has 0 atom stereocenters. The molecule has 0 bridgehead atoms. The predicted octanol–water partition coefficient (Wildman–Crippen LogP) is 3.43. The van der Waals surface area contributed by atoms with Gasteiger partial charge in [0.05, 0.1) is 30.1 Å². The third-order valence-electron chi connectivity index (χ3n) is 5.33. The van der Waals surface area contributed by atoms with Crippen LogP contribution in [-0.2, 0) is 11.4 Å². The molecule has 4 aromatic rings. The molecule has 0 fully saturated rings. The molecule has 0 unspecified atom stereocenters. The number of aliphatic hydroxyl groups excluding tert-OH is 1. The topological polar surface area (TPSA) is 134 Å². The van der Waals surface area contributed by atoms with E-state index in [-0.39, 0.29) is 24.5 Å². The number of hydrazine groups is 1. The van der Waals surface area contributed by atoms with Gasteiger partial charge < -0.3 is 15.8 Å². The number of anilines is 2. The summed E-state index contributed by atoms with van der Waals surface area (Å²) in [5.41, 5.74) is 7.28. The summed E-state index contributed by atoms with van der Waals surface area (Å²) in [4.78, 5) is 25.6. The first-order chi connectivity index (χ1) is 17.4. The molecule has 0 saturated carbocycles. The van der Waals surface area contributed by atoms with Gasteiger partial charge in [0.25, 0.3) is 5.91 Å². The first kappa shape index (κ1) is 24.9. The molecule has 1 amide bonds. The number of amides is 1. The third kappa shape index (κ3) is 5.54. The number of nitrogens with one attached hydrogen (secondary N) is 3. The van der Waals surface area contributed by atoms with Gasteiger partial charge in [-0.1, -0.05) is 12.1 Å². The second-order valence-electron chi connectivity index (χ2n) is 7.89. The van der Waals surface area contributed by atoms with E-state index in [1.807, 2.05) is 42.7 Å². The molecule has 0 radical (unpaired) electrons. The monoisotopic (exact) mass is 494 g/mol. The van der Waals surface area contributed by atoms with Crippen molar-refractivity contribution in [1.82, 2.24) is 15.4 Å². The standard InChI is InChI=1S/C25H24F2N6O3/c1-14-2-4-16-10-15(3-5-20(16)30-14)13-29-24-22(32-28)7-6-21(31-24)17-11-18(26)23(19(27)12-17)25(35)33-36-9-8-34/h2-7,10-12,32,34H,8-9,13,28H2,1H3,(H,29,31)(H,33,35). The van der Waals surface area contributed by atoms with E-state index in [2.05, 4.69) is 25.5 Å². The van der Waals surface area contributed by atoms with Crippen LogP contribution in [0, 0.1) is 18.6 Å². The number of hydrogen-bond acceptors (Lipinski definition) is 8. The Labute approximate surface area is 205 Å². The van der Waals surface area contributed by atoms with E-state index in [9.17, 15) is 13.6 Å². The SMILES string of the molecule is Cc1ccc2cc(CNc3nc(-c4cc(F)c(C(=O)NOCCO)c(F)c4)ccc3NN)ccc2n1. The molecule has 0 aliphatic heterocycles. The molecule has 2 aromatic carbocycles. The van der Waals surface area contributed by atoms with Gasteiger partial charge in [0, 0.05) is 23.2 Å². The number of fused-ring (bicyclic) bond motifs is 1. The predicted molar refractivity (Wildman–Crippen MR) is 132 cm³/mol. The zero-order chi connectivity index (χ0) is 25.7. The van der Waals surface area contributed by atoms with E-state index < -0.39 is 23.1 Å². The van der Waals surface area contributed by atoms with Crippen molar-refractivity contribution in [3.05, 3.63) is 83.1 Å². The van der Waals surface area contributed by atoms with E-state index in [1.54, 1.807) is 12.1 Å². The van der Waals surface area contributed by atoms with Gasteiger partial charge in [-0.3, -0.25) is 20.5 Å². The molecular weight excluding hydrogens is 470 g/mol. The first-order valence-electron chi connectivity index (χ1n) is 11.0. The zero-order valence-electron chi connectivity index (χ0n) is 19.3. The second kappa shape index (κ2) is 11.0. The van der Waals surface area contributed by atoms with E-state index >= 15 is 0 Å². The Hall–Kier alpha value is -4.19. The fraction of sp³-hybridized carbons (Fsp3) is 0.160. The fourth-order valence-electron chi connectivity index (χ4n) is 3.60. The molecule has 9 nitrogen and oxygen atoms in total. The van der Waals surface area contributed by atoms with E-state index in [0.29, 0.717) is 18.1 Å². The van der Waals surface area contributed by atoms with E-state index in [4.69, 9.17) is 10.9 Å². The van der Waals surface area contributed by atoms with Crippen molar-refractivity contribution in [2.24, 2.45) is 5.84 Å². The number of nitrogens with two attached hydrogens (primary N) is 1. The molecular formula is C25H24F2N6O3. The lowest BCUT2D eigenvalue weighted by atomic mass is 10.1. The maximum absolute atomic E-state index is 14.6. The largest absolute Gasteiger partial charge is 0.394 e. The number of nitrogen functional groups attached to an aromatic ring is 1. The van der Waals surface area contributed by atoms with Gasteiger partial charge in [-0.25, -0.2) is 19.2 Å². The van der Waals surface area contributed by atoms with Crippen LogP contribution in [0.1, 0.15) is 21.6 Å². The van der Waals surface area contributed by atoms with Crippen molar-refractivity contribution in [3.63, 3.8) is 0 Å². The van der Waals surface area contributed by atoms with Gasteiger partial charge >= 0.3 is 0 Å². The van der Waals surface area contributed by atoms with E-state index in [1.165, 1.54) is 0 Å². The Morgan fingerprint density at radius 1 is 1.06 bits per heavy atom. The van der Waals surface area contributed by atoms with Gasteiger partial charge in [0.1, 0.15) is 17.2 Å². The number of hydrogen-bond donors (Lipinski definition) is 5. The number of aryl methyl sites for hydroxylation is 1. The van der Waals surface area contributed by atoms with Crippen LogP contribution in [0.4, 0.5) is 20.3 Å². The van der Waals surface area contributed by atoms with Crippen LogP contribution in [0.5, 0.6) is 0 Å². The van der Waals surface area contributed by atoms with Crippen LogP contribution < -0.4 is 22.1 Å². The lowest BCUT2D eigenvalue weighted by Gasteiger charge is -2.14. The van der Waals surface area contributed by atoms with Gasteiger partial charge in [-0.05, 0) is 55.0 Å². The number of carbonyl (C=O) groups is 1. The molecule has 0 aliphatic rings. The van der Waals surface area contributed by atoms with Crippen molar-refractivity contribution >= 4 is 28.3 Å². The van der Waals surface area contributed by atoms with Crippen molar-refractivity contribution < 1.29 is 23.5 Å². The lowest BCUT2D eigenvalue weighted by molar-refractivity contribution is 0.0162. The summed E-state index contributed by atoms with van der Waals surface area (Å²) in [5.74, 6) is 2.70. The molecule has 0 spiro atoms. The highest BCUT2D eigenvalue weighted by molar-refractivity contribution is 5.94. The third-order valence-corrected chi connectivity index (χ3v) is 5.33. The summed E-state index contributed by atoms with van der Waals surface area (Å²) in [6.45, 7) is 1.76. The van der Waals surface area contributed by atoms with Crippen molar-refractivity contribution in [1.29, 1.82) is 0 Å². The highest BCUT2D eigenvalue weighted by atomic mass is 19.1. The normalized spacial score (nSPS) is 10.9. The first-order valence-corrected chi connectivity index (χ1v) is 11.0. The van der Waals surface area contributed by atoms with Crippen LogP contribution in [0.3, 0.4) is 0 Å². The minimum Gasteiger partial charge on any atom is -0.394 e. The second-order valence-corrected chi connectivity index (χ2v) is 7.89. The Kier molecular flexibility index (Phi) is 7.64. The number of halogens is 2. The zero-order valence-corrected chi connectivity index (χ0v) is 19.3. The highest BCUT2D eigenvalue weighted by Gasteiger charge is 2.20. The number of carbonyl (C=O) groups excluding carboxylic acids is 1. The average Bonchev–Trinajstić information content (AvgIpc) is 2.87. The number of hydroxylamine groups is 1. The molecule has 11 heteroatoms. The summed E-state index contributed by atoms with van der Waals surface area (Å²) < 4.78 is 29.3. The van der Waals surface area contributed by atoms with Crippen molar-refractivity contribution in [2.45, 2.75) is 13.5 Å². The molecule has 6 N–H and O–H groups in total. The minimum atomic E-state index is -1.11. The number of pyridine rings is 2. The maximum Gasteiger partial charge on any atom is 0.280 e. The summed E-state index contributed by atoms with van der Waals surface area (Å²) in [6, 6.07) is 15.0. The number of aliphatic hydroxyl groups is 1. The van der Waals surface area contributed by atoms with Crippen LogP contribution in [-0.4, -0.2) is 34.2 Å². The van der Waals surface area contributed by atoms with Gasteiger partial charge in [-0.15, -0.1) is 0 Å². The number of benzene rings is 2. The smallest absolute Gasteiger partial charge is 0.280 e. The Bertz CT molecular complexity index is 1390. The summed E-state index contributed by atoms with van der Waals surface area (Å²) in [7, 11) is 0. The Morgan fingerprint density at radius 2 is 1.83 bits per heavy atom. The van der Waals surface area contributed by atoms with Crippen LogP contribution in [0.25, 0.3) is 22.2 Å². The van der Waals surface area contributed by atoms with E-state index in [0.717, 1.165) is 34.3 Å². The number of nitrogens with zero attached hydrogens (tertiary/aromatic N) is 2. The molecule has 186 valence electrons. The number of rotatable bonds is 9. The molecule has 2 heterocycles. The highest BCUT2D eigenvalue weighted by Crippen LogP contribution is 2.28. The summed E-state index contributed by atoms with van der Waals surface area (Å²) in [5, 5.41) is 12.9. The summed E-state index contributed by atoms with van der Waals surface area (Å²) >= 11 is 0. The Morgan fingerprint density at radius 3 is 2.56 bits per heavy atom. The molecule has 36 heavy (non-hydrogen) atoms. The van der Waals surface area contributed by atoms with Gasteiger partial charge in [-0.2, -0.15) is 0 Å². The average molecular weight is 495 g/mol. The molecule has 0 saturated heterocycles. The molecule has 4 rings (SSSR count). The fourth-order valence-corrected chi connectivity index (χ4v) is 3.60. The molecule has 0 aliphatic carbocycles. The quantitative estimate of drug-likeness (QED) is 0.136. The maximum atomic E-state index is 14.6. The number of aromatic nitrogens is 2. The van der Waals surface area contributed by atoms with Crippen LogP contribution in [0.15, 0.2) is 54.6 Å². The van der Waals surface area contributed by atoms with Gasteiger partial charge in [0.15, 0.2) is 5.82 Å². The minimum absolute atomic E-state index is 0.122. The van der Waals surface area contributed by atoms with Crippen molar-refractivity contribution in [2.75, 3.05) is 24.0 Å². The molecule has 2 aromatic heterocycles. The van der Waals surface area contributed by atoms with Gasteiger partial charge in [0.2, 0.25) is 0 Å². The van der Waals surface area contributed by atoms with Crippen LogP contribution >= 0.6 is 0 Å². The summed E-state index contributed by atoms with van der Waals surface area (Å²) in [6.07, 6.45) is 0.